The Morgan fingerprint density at radius 3 is 2.77 bits per heavy atom. The van der Waals surface area contributed by atoms with Crippen LogP contribution in [0.4, 0.5) is 5.69 Å². The molecule has 158 valence electrons. The van der Waals surface area contributed by atoms with Crippen LogP contribution in [0.5, 0.6) is 0 Å². The van der Waals surface area contributed by atoms with Gasteiger partial charge in [0.2, 0.25) is 5.91 Å². The number of nitrogens with one attached hydrogen (secondary N) is 1. The number of thiazole rings is 1. The average Bonchev–Trinajstić information content (AvgIpc) is 3.17. The van der Waals surface area contributed by atoms with E-state index < -0.39 is 0 Å². The number of fused-ring (bicyclic) bond motifs is 1. The van der Waals surface area contributed by atoms with Gasteiger partial charge in [0.1, 0.15) is 11.6 Å². The van der Waals surface area contributed by atoms with Gasteiger partial charge in [0, 0.05) is 45.0 Å². The molecule has 4 rings (SSSR count). The number of benzene rings is 2. The molecule has 2 aromatic carbocycles. The maximum atomic E-state index is 12.0. The molecule has 1 aliphatic heterocycles. The number of nitrogens with zero attached hydrogens (tertiary/aromatic N) is 3. The SMILES string of the molecule is Cc1cccc(N2CCN(CCNC(=O)COCc3nc4ccccc4s3)CC2)c1. The average molecular weight is 425 g/mol. The first-order chi connectivity index (χ1) is 14.7. The number of aromatic nitrogens is 1. The van der Waals surface area contributed by atoms with E-state index >= 15 is 0 Å². The normalized spacial score (nSPS) is 14.9. The smallest absolute Gasteiger partial charge is 0.246 e. The van der Waals surface area contributed by atoms with Crippen LogP contribution in [0.3, 0.4) is 0 Å². The maximum absolute atomic E-state index is 12.0. The zero-order valence-corrected chi connectivity index (χ0v) is 18.2. The zero-order chi connectivity index (χ0) is 20.8. The van der Waals surface area contributed by atoms with Crippen LogP contribution in [0.25, 0.3) is 10.2 Å². The van der Waals surface area contributed by atoms with Gasteiger partial charge in [-0.25, -0.2) is 4.98 Å². The molecule has 1 aromatic heterocycles. The van der Waals surface area contributed by atoms with Crippen molar-refractivity contribution in [1.82, 2.24) is 15.2 Å². The topological polar surface area (TPSA) is 57.7 Å². The van der Waals surface area contributed by atoms with Crippen LogP contribution in [0.2, 0.25) is 0 Å². The number of carbonyl (C=O) groups excluding carboxylic acids is 1. The largest absolute Gasteiger partial charge is 0.369 e. The van der Waals surface area contributed by atoms with Crippen molar-refractivity contribution in [2.45, 2.75) is 13.5 Å². The first-order valence-corrected chi connectivity index (χ1v) is 11.2. The minimum absolute atomic E-state index is 0.0665. The van der Waals surface area contributed by atoms with Crippen molar-refractivity contribution in [2.24, 2.45) is 0 Å². The van der Waals surface area contributed by atoms with E-state index in [1.165, 1.54) is 11.3 Å². The molecule has 7 heteroatoms. The Morgan fingerprint density at radius 2 is 1.97 bits per heavy atom. The number of anilines is 1. The number of hydrogen-bond donors (Lipinski definition) is 1. The third kappa shape index (κ3) is 5.56. The van der Waals surface area contributed by atoms with Gasteiger partial charge in [0.25, 0.3) is 0 Å². The molecule has 0 aliphatic carbocycles. The van der Waals surface area contributed by atoms with E-state index in [9.17, 15) is 4.79 Å². The van der Waals surface area contributed by atoms with E-state index in [1.54, 1.807) is 11.3 Å². The van der Waals surface area contributed by atoms with E-state index in [0.717, 1.165) is 47.9 Å². The minimum atomic E-state index is -0.0745. The Balaban J connectivity index is 1.11. The fourth-order valence-electron chi connectivity index (χ4n) is 3.67. The van der Waals surface area contributed by atoms with Crippen molar-refractivity contribution in [3.63, 3.8) is 0 Å². The molecule has 0 spiro atoms. The Morgan fingerprint density at radius 1 is 1.13 bits per heavy atom. The summed E-state index contributed by atoms with van der Waals surface area (Å²) in [6.07, 6.45) is 0. The van der Waals surface area contributed by atoms with Crippen LogP contribution >= 0.6 is 11.3 Å². The second-order valence-corrected chi connectivity index (χ2v) is 8.70. The Labute approximate surface area is 181 Å². The fourth-order valence-corrected chi connectivity index (χ4v) is 4.58. The molecule has 0 bridgehead atoms. The highest BCUT2D eigenvalue weighted by Gasteiger charge is 2.17. The summed E-state index contributed by atoms with van der Waals surface area (Å²) in [7, 11) is 0. The number of amides is 1. The van der Waals surface area contributed by atoms with Gasteiger partial charge < -0.3 is 15.0 Å². The van der Waals surface area contributed by atoms with Gasteiger partial charge >= 0.3 is 0 Å². The van der Waals surface area contributed by atoms with Crippen LogP contribution in [0.1, 0.15) is 10.6 Å². The maximum Gasteiger partial charge on any atom is 0.246 e. The lowest BCUT2D eigenvalue weighted by Gasteiger charge is -2.36. The summed E-state index contributed by atoms with van der Waals surface area (Å²) in [6, 6.07) is 16.7. The number of rotatable bonds is 8. The van der Waals surface area contributed by atoms with Crippen LogP contribution in [0, 0.1) is 6.92 Å². The second kappa shape index (κ2) is 10.0. The lowest BCUT2D eigenvalue weighted by Crippen LogP contribution is -2.48. The molecule has 30 heavy (non-hydrogen) atoms. The standard InChI is InChI=1S/C23H28N4O2S/c1-18-5-4-6-19(15-18)27-13-11-26(12-14-27)10-9-24-22(28)16-29-17-23-25-20-7-2-3-8-21(20)30-23/h2-8,15H,9-14,16-17H2,1H3,(H,24,28). The van der Waals surface area contributed by atoms with Crippen LogP contribution < -0.4 is 10.2 Å². The van der Waals surface area contributed by atoms with Crippen molar-refractivity contribution in [2.75, 3.05) is 50.8 Å². The van der Waals surface area contributed by atoms with Crippen molar-refractivity contribution in [1.29, 1.82) is 0 Å². The molecule has 2 heterocycles. The van der Waals surface area contributed by atoms with E-state index in [0.29, 0.717) is 13.2 Å². The summed E-state index contributed by atoms with van der Waals surface area (Å²) in [6.45, 7) is 8.14. The molecule has 1 fully saturated rings. The predicted molar refractivity (Wildman–Crippen MR) is 122 cm³/mol. The third-order valence-electron chi connectivity index (χ3n) is 5.29. The molecule has 0 unspecified atom stereocenters. The zero-order valence-electron chi connectivity index (χ0n) is 17.3. The lowest BCUT2D eigenvalue weighted by molar-refractivity contribution is -0.126. The van der Waals surface area contributed by atoms with Gasteiger partial charge in [-0.15, -0.1) is 11.3 Å². The highest BCUT2D eigenvalue weighted by atomic mass is 32.1. The summed E-state index contributed by atoms with van der Waals surface area (Å²) >= 11 is 1.61. The number of ether oxygens (including phenoxy) is 1. The monoisotopic (exact) mass is 424 g/mol. The molecule has 0 radical (unpaired) electrons. The van der Waals surface area contributed by atoms with Gasteiger partial charge in [-0.3, -0.25) is 9.69 Å². The molecule has 1 amide bonds. The molecule has 0 atom stereocenters. The van der Waals surface area contributed by atoms with Gasteiger partial charge in [-0.05, 0) is 36.8 Å². The Bertz CT molecular complexity index is 949. The van der Waals surface area contributed by atoms with Crippen LogP contribution in [-0.2, 0) is 16.1 Å². The van der Waals surface area contributed by atoms with Gasteiger partial charge in [-0.1, -0.05) is 24.3 Å². The molecule has 0 saturated carbocycles. The van der Waals surface area contributed by atoms with Crippen LogP contribution in [0.15, 0.2) is 48.5 Å². The summed E-state index contributed by atoms with van der Waals surface area (Å²) in [5.41, 5.74) is 3.57. The number of para-hydroxylation sites is 1. The van der Waals surface area contributed by atoms with Gasteiger partial charge in [0.05, 0.1) is 16.8 Å². The predicted octanol–water partition coefficient (Wildman–Crippen LogP) is 3.06. The fraction of sp³-hybridized carbons (Fsp3) is 0.391. The molecule has 1 aliphatic rings. The van der Waals surface area contributed by atoms with E-state index in [4.69, 9.17) is 4.74 Å². The molecule has 6 nitrogen and oxygen atoms in total. The first kappa shape index (κ1) is 20.8. The molecular weight excluding hydrogens is 396 g/mol. The molecule has 1 saturated heterocycles. The first-order valence-electron chi connectivity index (χ1n) is 10.4. The Kier molecular flexibility index (Phi) is 6.94. The molecule has 1 N–H and O–H groups in total. The summed E-state index contributed by atoms with van der Waals surface area (Å²) in [5, 5.41) is 3.86. The van der Waals surface area contributed by atoms with Gasteiger partial charge in [-0.2, -0.15) is 0 Å². The van der Waals surface area contributed by atoms with E-state index in [2.05, 4.69) is 51.3 Å². The van der Waals surface area contributed by atoms with E-state index in [-0.39, 0.29) is 12.5 Å². The molecular formula is C23H28N4O2S. The van der Waals surface area contributed by atoms with Gasteiger partial charge in [0.15, 0.2) is 0 Å². The van der Waals surface area contributed by atoms with Crippen molar-refractivity contribution < 1.29 is 9.53 Å². The van der Waals surface area contributed by atoms with Crippen molar-refractivity contribution in [3.8, 4) is 0 Å². The minimum Gasteiger partial charge on any atom is -0.369 e. The number of piperazine rings is 1. The summed E-state index contributed by atoms with van der Waals surface area (Å²) < 4.78 is 6.68. The third-order valence-corrected chi connectivity index (χ3v) is 6.30. The number of carbonyl (C=O) groups is 1. The highest BCUT2D eigenvalue weighted by Crippen LogP contribution is 2.22. The van der Waals surface area contributed by atoms with Crippen LogP contribution in [-0.4, -0.2) is 61.7 Å². The van der Waals surface area contributed by atoms with Crippen molar-refractivity contribution >= 4 is 33.1 Å². The number of aryl methyl sites for hydroxylation is 1. The quantitative estimate of drug-likeness (QED) is 0.602. The summed E-state index contributed by atoms with van der Waals surface area (Å²) in [4.78, 5) is 21.4. The molecule has 3 aromatic rings. The second-order valence-electron chi connectivity index (χ2n) is 7.59. The van der Waals surface area contributed by atoms with E-state index in [1.807, 2.05) is 24.3 Å². The Hall–Kier alpha value is -2.48. The summed E-state index contributed by atoms with van der Waals surface area (Å²) in [5.74, 6) is -0.0745. The highest BCUT2D eigenvalue weighted by molar-refractivity contribution is 7.18. The van der Waals surface area contributed by atoms with Crippen molar-refractivity contribution in [3.05, 3.63) is 59.1 Å². The number of hydrogen-bond acceptors (Lipinski definition) is 6. The lowest BCUT2D eigenvalue weighted by atomic mass is 10.2.